The molecule has 0 radical (unpaired) electrons. The van der Waals surface area contributed by atoms with Crippen LogP contribution in [0.1, 0.15) is 128 Å². The molecule has 0 atom stereocenters. The van der Waals surface area contributed by atoms with E-state index < -0.39 is 0 Å². The number of hydrogen-bond acceptors (Lipinski definition) is 1. The fourth-order valence-electron chi connectivity index (χ4n) is 6.30. The van der Waals surface area contributed by atoms with Crippen molar-refractivity contribution in [2.24, 2.45) is 0 Å². The summed E-state index contributed by atoms with van der Waals surface area (Å²) >= 11 is 0. The second-order valence-electron chi connectivity index (χ2n) is 10.1. The van der Waals surface area contributed by atoms with Crippen LogP contribution in [0.15, 0.2) is 23.3 Å². The normalized spacial score (nSPS) is 28.6. The van der Waals surface area contributed by atoms with E-state index in [9.17, 15) is 0 Å². The number of allylic oxidation sites excluding steroid dienone is 2. The molecule has 4 fully saturated rings. The minimum Gasteiger partial charge on any atom is -0.360 e. The number of ether oxygens (including phenoxy) is 1. The van der Waals surface area contributed by atoms with Crippen molar-refractivity contribution < 1.29 is 4.74 Å². The predicted molar refractivity (Wildman–Crippen MR) is 115 cm³/mol. The van der Waals surface area contributed by atoms with Gasteiger partial charge in [-0.3, -0.25) is 0 Å². The van der Waals surface area contributed by atoms with Gasteiger partial charge < -0.3 is 4.74 Å². The van der Waals surface area contributed by atoms with Crippen molar-refractivity contribution in [3.05, 3.63) is 23.3 Å². The predicted octanol–water partition coefficient (Wildman–Crippen LogP) is 8.19. The van der Waals surface area contributed by atoms with E-state index in [0.717, 1.165) is 0 Å². The van der Waals surface area contributed by atoms with Crippen molar-refractivity contribution in [3.8, 4) is 0 Å². The van der Waals surface area contributed by atoms with E-state index in [1.807, 2.05) is 0 Å². The molecule has 0 amide bonds. The average molecular weight is 371 g/mol. The third-order valence-corrected chi connectivity index (χ3v) is 7.73. The van der Waals surface area contributed by atoms with Crippen molar-refractivity contribution in [2.45, 2.75) is 140 Å². The Bertz CT molecular complexity index is 464. The van der Waals surface area contributed by atoms with Crippen molar-refractivity contribution in [1.82, 2.24) is 0 Å². The van der Waals surface area contributed by atoms with Gasteiger partial charge in [0.25, 0.3) is 0 Å². The second kappa shape index (κ2) is 9.29. The van der Waals surface area contributed by atoms with Gasteiger partial charge >= 0.3 is 0 Å². The van der Waals surface area contributed by atoms with Crippen LogP contribution in [0, 0.1) is 0 Å². The molecule has 0 unspecified atom stereocenters. The first-order valence-corrected chi connectivity index (χ1v) is 12.4. The van der Waals surface area contributed by atoms with Gasteiger partial charge in [-0.2, -0.15) is 0 Å². The Morgan fingerprint density at radius 3 is 1.15 bits per heavy atom. The smallest absolute Gasteiger partial charge is 0.0876 e. The first-order chi connectivity index (χ1) is 13.3. The molecular formula is C26H42O. The fourth-order valence-corrected chi connectivity index (χ4v) is 6.30. The SMILES string of the molecule is C(=C1CCCCC1)C1(OC2(C=C3CCCCC3)CCCCC2)CCCCC1. The molecule has 152 valence electrons. The summed E-state index contributed by atoms with van der Waals surface area (Å²) in [4.78, 5) is 0. The maximum Gasteiger partial charge on any atom is 0.0876 e. The molecule has 0 aromatic heterocycles. The van der Waals surface area contributed by atoms with Crippen LogP contribution >= 0.6 is 0 Å². The van der Waals surface area contributed by atoms with Gasteiger partial charge in [-0.1, -0.05) is 74.7 Å². The molecule has 0 aliphatic heterocycles. The summed E-state index contributed by atoms with van der Waals surface area (Å²) in [6.07, 6.45) is 32.4. The Morgan fingerprint density at radius 2 is 0.778 bits per heavy atom. The quantitative estimate of drug-likeness (QED) is 0.453. The van der Waals surface area contributed by atoms with Gasteiger partial charge in [-0.25, -0.2) is 0 Å². The maximum absolute atomic E-state index is 7.36. The molecule has 4 aliphatic rings. The lowest BCUT2D eigenvalue weighted by atomic mass is 9.77. The summed E-state index contributed by atoms with van der Waals surface area (Å²) in [5.41, 5.74) is 3.54. The minimum atomic E-state index is 0.0496. The first kappa shape index (κ1) is 19.7. The highest BCUT2D eigenvalue weighted by atomic mass is 16.5. The summed E-state index contributed by atoms with van der Waals surface area (Å²) in [6.45, 7) is 0. The highest BCUT2D eigenvalue weighted by molar-refractivity contribution is 5.19. The average Bonchev–Trinajstić information content (AvgIpc) is 2.70. The molecule has 1 nitrogen and oxygen atoms in total. The summed E-state index contributed by atoms with van der Waals surface area (Å²) < 4.78 is 7.36. The van der Waals surface area contributed by atoms with Crippen molar-refractivity contribution in [2.75, 3.05) is 0 Å². The van der Waals surface area contributed by atoms with Crippen molar-refractivity contribution in [1.29, 1.82) is 0 Å². The largest absolute Gasteiger partial charge is 0.360 e. The van der Waals surface area contributed by atoms with Gasteiger partial charge in [0.2, 0.25) is 0 Å². The highest BCUT2D eigenvalue weighted by Gasteiger charge is 2.41. The Balaban J connectivity index is 1.59. The molecule has 27 heavy (non-hydrogen) atoms. The van der Waals surface area contributed by atoms with Gasteiger partial charge in [-0.15, -0.1) is 0 Å². The van der Waals surface area contributed by atoms with Crippen LogP contribution in [0.4, 0.5) is 0 Å². The van der Waals surface area contributed by atoms with Crippen LogP contribution in [-0.4, -0.2) is 11.2 Å². The summed E-state index contributed by atoms with van der Waals surface area (Å²) in [6, 6.07) is 0. The Morgan fingerprint density at radius 1 is 0.444 bits per heavy atom. The zero-order valence-electron chi connectivity index (χ0n) is 17.7. The van der Waals surface area contributed by atoms with Crippen LogP contribution in [0.5, 0.6) is 0 Å². The van der Waals surface area contributed by atoms with E-state index in [1.54, 1.807) is 11.1 Å². The molecule has 4 rings (SSSR count). The lowest BCUT2D eigenvalue weighted by molar-refractivity contribution is -0.137. The van der Waals surface area contributed by atoms with Crippen molar-refractivity contribution in [3.63, 3.8) is 0 Å². The van der Waals surface area contributed by atoms with Gasteiger partial charge in [-0.05, 0) is 77.0 Å². The van der Waals surface area contributed by atoms with Gasteiger partial charge in [0.15, 0.2) is 0 Å². The third kappa shape index (κ3) is 5.28. The lowest BCUT2D eigenvalue weighted by Gasteiger charge is -2.46. The van der Waals surface area contributed by atoms with E-state index >= 15 is 0 Å². The monoisotopic (exact) mass is 370 g/mol. The Hall–Kier alpha value is -0.560. The molecule has 4 saturated carbocycles. The first-order valence-electron chi connectivity index (χ1n) is 12.4. The highest BCUT2D eigenvalue weighted by Crippen LogP contribution is 2.45. The van der Waals surface area contributed by atoms with E-state index in [1.165, 1.54) is 128 Å². The minimum absolute atomic E-state index is 0.0496. The van der Waals surface area contributed by atoms with Crippen LogP contribution in [0.25, 0.3) is 0 Å². The zero-order chi connectivity index (χ0) is 18.4. The molecule has 0 heterocycles. The molecule has 1 heteroatoms. The number of hydrogen-bond donors (Lipinski definition) is 0. The third-order valence-electron chi connectivity index (χ3n) is 7.73. The zero-order valence-corrected chi connectivity index (χ0v) is 17.7. The van der Waals surface area contributed by atoms with Crippen LogP contribution in [0.2, 0.25) is 0 Å². The molecule has 4 aliphatic carbocycles. The standard InChI is InChI=1S/C26H42O/c1-5-13-23(14-6-1)21-25(17-9-3-10-18-25)27-26(19-11-4-12-20-26)22-24-15-7-2-8-16-24/h21-22H,1-20H2. The van der Waals surface area contributed by atoms with Gasteiger partial charge in [0.1, 0.15) is 0 Å². The second-order valence-corrected chi connectivity index (χ2v) is 10.1. The van der Waals surface area contributed by atoms with E-state index in [0.29, 0.717) is 0 Å². The van der Waals surface area contributed by atoms with Crippen molar-refractivity contribution >= 4 is 0 Å². The lowest BCUT2D eigenvalue weighted by Crippen LogP contribution is -2.45. The van der Waals surface area contributed by atoms with E-state index in [4.69, 9.17) is 4.74 Å². The topological polar surface area (TPSA) is 9.23 Å². The van der Waals surface area contributed by atoms with E-state index in [2.05, 4.69) is 12.2 Å². The van der Waals surface area contributed by atoms with Gasteiger partial charge in [0.05, 0.1) is 11.2 Å². The summed E-state index contributed by atoms with van der Waals surface area (Å²) in [5, 5.41) is 0. The van der Waals surface area contributed by atoms with Crippen LogP contribution < -0.4 is 0 Å². The fraction of sp³-hybridized carbons (Fsp3) is 0.846. The number of rotatable bonds is 4. The maximum atomic E-state index is 7.36. The molecule has 0 aromatic carbocycles. The Kier molecular flexibility index (Phi) is 6.79. The molecular weight excluding hydrogens is 328 g/mol. The summed E-state index contributed by atoms with van der Waals surface area (Å²) in [5.74, 6) is 0. The summed E-state index contributed by atoms with van der Waals surface area (Å²) in [7, 11) is 0. The Labute approximate surface area is 168 Å². The molecule has 0 aromatic rings. The van der Waals surface area contributed by atoms with Crippen LogP contribution in [-0.2, 0) is 4.74 Å². The van der Waals surface area contributed by atoms with E-state index in [-0.39, 0.29) is 11.2 Å². The molecule has 0 spiro atoms. The van der Waals surface area contributed by atoms with Gasteiger partial charge in [0, 0.05) is 0 Å². The van der Waals surface area contributed by atoms with Crippen LogP contribution in [0.3, 0.4) is 0 Å². The molecule has 0 bridgehead atoms. The molecule has 0 saturated heterocycles. The molecule has 0 N–H and O–H groups in total.